The maximum Gasteiger partial charge on any atom is 0.180 e. The quantitative estimate of drug-likeness (QED) is 0.335. The Morgan fingerprint density at radius 3 is 2.15 bits per heavy atom. The lowest BCUT2D eigenvalue weighted by molar-refractivity contribution is 0.294. The lowest BCUT2D eigenvalue weighted by atomic mass is 10.0. The van der Waals surface area contributed by atoms with E-state index in [4.69, 9.17) is 9.73 Å². The van der Waals surface area contributed by atoms with Crippen LogP contribution in [0.1, 0.15) is 40.5 Å². The van der Waals surface area contributed by atoms with Crippen LogP contribution < -0.4 is 0 Å². The van der Waals surface area contributed by atoms with Crippen LogP contribution >= 0.6 is 11.8 Å². The molecule has 1 atom stereocenters. The van der Waals surface area contributed by atoms with Crippen molar-refractivity contribution in [3.05, 3.63) is 48.5 Å². The van der Waals surface area contributed by atoms with Crippen LogP contribution in [0.3, 0.4) is 0 Å². The van der Waals surface area contributed by atoms with E-state index in [1.165, 1.54) is 19.6 Å². The maximum atomic E-state index is 5.77. The molecule has 138 valence electrons. The number of ether oxygens (including phenoxy) is 1. The van der Waals surface area contributed by atoms with Crippen molar-refractivity contribution in [1.29, 1.82) is 0 Å². The Kier molecular flexibility index (Phi) is 6.36. The van der Waals surface area contributed by atoms with Crippen LogP contribution in [0, 0.1) is 0 Å². The van der Waals surface area contributed by atoms with Crippen LogP contribution in [0.5, 0.6) is 0 Å². The third-order valence-corrected chi connectivity index (χ3v) is 8.70. The van der Waals surface area contributed by atoms with Gasteiger partial charge in [0.2, 0.25) is 0 Å². The van der Waals surface area contributed by atoms with E-state index >= 15 is 0 Å². The highest BCUT2D eigenvalue weighted by Gasteiger charge is 2.41. The highest BCUT2D eigenvalue weighted by atomic mass is 32.2. The first-order valence-corrected chi connectivity index (χ1v) is 11.5. The molecular weight excluding hydrogens is 358 g/mol. The van der Waals surface area contributed by atoms with Gasteiger partial charge in [-0.05, 0) is 44.0 Å². The lowest BCUT2D eigenvalue weighted by Gasteiger charge is -2.27. The minimum Gasteiger partial charge on any atom is -0.481 e. The number of hydrogen-bond donors (Lipinski definition) is 0. The zero-order chi connectivity index (χ0) is 18.6. The summed E-state index contributed by atoms with van der Waals surface area (Å²) in [5.74, 6) is 1.83. The van der Waals surface area contributed by atoms with Crippen LogP contribution in [-0.4, -0.2) is 23.8 Å². The van der Waals surface area contributed by atoms with Crippen molar-refractivity contribution in [2.24, 2.45) is 4.99 Å². The van der Waals surface area contributed by atoms with E-state index in [2.05, 4.69) is 69.3 Å². The maximum absolute atomic E-state index is 5.77. The van der Waals surface area contributed by atoms with Gasteiger partial charge in [0, 0.05) is 6.92 Å². The minimum atomic E-state index is -0.122. The fourth-order valence-electron chi connectivity index (χ4n) is 3.06. The third kappa shape index (κ3) is 4.29. The summed E-state index contributed by atoms with van der Waals surface area (Å²) < 4.78 is 5.77. The van der Waals surface area contributed by atoms with Gasteiger partial charge in [-0.25, -0.2) is 4.99 Å². The van der Waals surface area contributed by atoms with Crippen LogP contribution in [0.25, 0.3) is 0 Å². The van der Waals surface area contributed by atoms with Crippen molar-refractivity contribution in [3.8, 4) is 0 Å². The van der Waals surface area contributed by atoms with Crippen molar-refractivity contribution < 1.29 is 4.74 Å². The summed E-state index contributed by atoms with van der Waals surface area (Å²) in [6.07, 6.45) is 2.01. The largest absolute Gasteiger partial charge is 0.481 e. The molecular formula is C22H28NOS2+. The Balaban J connectivity index is 1.95. The van der Waals surface area contributed by atoms with E-state index in [9.17, 15) is 0 Å². The summed E-state index contributed by atoms with van der Waals surface area (Å²) in [7, 11) is 0.0305. The molecule has 1 aliphatic rings. The number of aliphatic imine (C=N–C) groups is 1. The molecule has 4 heteroatoms. The van der Waals surface area contributed by atoms with E-state index in [1.54, 1.807) is 0 Å². The number of benzene rings is 2. The number of nitrogens with zero attached hydrogens (tertiary/aromatic N) is 1. The Bertz CT molecular complexity index is 744. The molecule has 3 rings (SSSR count). The molecule has 2 nitrogen and oxygen atoms in total. The molecule has 0 fully saturated rings. The van der Waals surface area contributed by atoms with Gasteiger partial charge in [0.1, 0.15) is 11.3 Å². The first-order chi connectivity index (χ1) is 12.6. The molecule has 0 radical (unpaired) electrons. The molecule has 0 saturated carbocycles. The smallest absolute Gasteiger partial charge is 0.180 e. The fourth-order valence-corrected chi connectivity index (χ4v) is 7.32. The van der Waals surface area contributed by atoms with Gasteiger partial charge in [0.25, 0.3) is 0 Å². The molecule has 1 heterocycles. The zero-order valence-electron chi connectivity index (χ0n) is 16.1. The Hall–Kier alpha value is -1.39. The first kappa shape index (κ1) is 19.4. The minimum absolute atomic E-state index is 0.0305. The predicted molar refractivity (Wildman–Crippen MR) is 114 cm³/mol. The van der Waals surface area contributed by atoms with Gasteiger partial charge in [-0.2, -0.15) is 0 Å². The second-order valence-corrected chi connectivity index (χ2v) is 9.89. The molecule has 0 aliphatic carbocycles. The molecule has 0 bridgehead atoms. The topological polar surface area (TPSA) is 21.6 Å². The standard InChI is InChI=1S/C22H28NOS2/c1-5-15-24-17(3)23-22(4,6-2)16-26-20-13-9-7-11-18(20)25-19-12-8-10-14-21(19)26/h7-14H,5-6,15-16H2,1-4H3/q+1. The SMILES string of the molecule is CCCOC(C)=NC(C)(CC)C[S+]1c2ccccc2Sc2ccccc21. The molecule has 26 heavy (non-hydrogen) atoms. The second-order valence-electron chi connectivity index (χ2n) is 6.86. The van der Waals surface area contributed by atoms with Gasteiger partial charge < -0.3 is 4.74 Å². The van der Waals surface area contributed by atoms with Gasteiger partial charge in [-0.3, -0.25) is 0 Å². The van der Waals surface area contributed by atoms with E-state index < -0.39 is 0 Å². The number of fused-ring (bicyclic) bond motifs is 2. The molecule has 0 N–H and O–H groups in total. The Labute approximate surface area is 164 Å². The molecule has 0 aromatic heterocycles. The predicted octanol–water partition coefficient (Wildman–Crippen LogP) is 6.20. The van der Waals surface area contributed by atoms with E-state index in [0.717, 1.165) is 31.1 Å². The Morgan fingerprint density at radius 1 is 1.04 bits per heavy atom. The second kappa shape index (κ2) is 8.53. The monoisotopic (exact) mass is 386 g/mol. The molecule has 1 aliphatic heterocycles. The van der Waals surface area contributed by atoms with E-state index in [1.807, 2.05) is 18.7 Å². The fraction of sp³-hybridized carbons (Fsp3) is 0.409. The van der Waals surface area contributed by atoms with Crippen LogP contribution in [0.15, 0.2) is 73.1 Å². The average molecular weight is 387 g/mol. The van der Waals surface area contributed by atoms with Crippen molar-refractivity contribution in [1.82, 2.24) is 0 Å². The van der Waals surface area contributed by atoms with E-state index in [0.29, 0.717) is 0 Å². The summed E-state index contributed by atoms with van der Waals surface area (Å²) in [5, 5.41) is 0. The zero-order valence-corrected chi connectivity index (χ0v) is 17.8. The number of rotatable bonds is 6. The van der Waals surface area contributed by atoms with Crippen LogP contribution in [-0.2, 0) is 15.6 Å². The summed E-state index contributed by atoms with van der Waals surface area (Å²) in [6, 6.07) is 17.7. The van der Waals surface area contributed by atoms with Crippen LogP contribution in [0.2, 0.25) is 0 Å². The summed E-state index contributed by atoms with van der Waals surface area (Å²) >= 11 is 1.89. The van der Waals surface area contributed by atoms with Crippen molar-refractivity contribution >= 4 is 28.6 Å². The summed E-state index contributed by atoms with van der Waals surface area (Å²) in [4.78, 5) is 10.7. The highest BCUT2D eigenvalue weighted by Crippen LogP contribution is 2.46. The molecule has 1 unspecified atom stereocenters. The van der Waals surface area contributed by atoms with Gasteiger partial charge >= 0.3 is 0 Å². The summed E-state index contributed by atoms with van der Waals surface area (Å²) in [5.41, 5.74) is -0.122. The van der Waals surface area contributed by atoms with Crippen LogP contribution in [0.4, 0.5) is 0 Å². The van der Waals surface area contributed by atoms with Crippen molar-refractivity contribution in [3.63, 3.8) is 0 Å². The lowest BCUT2D eigenvalue weighted by Crippen LogP contribution is -2.34. The summed E-state index contributed by atoms with van der Waals surface area (Å²) in [6.45, 7) is 9.36. The van der Waals surface area contributed by atoms with Crippen molar-refractivity contribution in [2.45, 2.75) is 65.7 Å². The van der Waals surface area contributed by atoms with Gasteiger partial charge in [-0.1, -0.05) is 49.9 Å². The number of hydrogen-bond acceptors (Lipinski definition) is 3. The van der Waals surface area contributed by atoms with Gasteiger partial charge in [-0.15, -0.1) is 0 Å². The Morgan fingerprint density at radius 2 is 1.62 bits per heavy atom. The first-order valence-electron chi connectivity index (χ1n) is 9.32. The van der Waals surface area contributed by atoms with E-state index in [-0.39, 0.29) is 16.4 Å². The van der Waals surface area contributed by atoms with Crippen molar-refractivity contribution in [2.75, 3.05) is 12.4 Å². The highest BCUT2D eigenvalue weighted by molar-refractivity contribution is 8.04. The molecule has 2 aromatic rings. The molecule has 2 aromatic carbocycles. The van der Waals surface area contributed by atoms with Gasteiger partial charge in [0.05, 0.1) is 27.3 Å². The molecule has 0 amide bonds. The third-order valence-electron chi connectivity index (χ3n) is 4.61. The average Bonchev–Trinajstić information content (AvgIpc) is 2.66. The molecule has 0 spiro atoms. The molecule has 0 saturated heterocycles. The van der Waals surface area contributed by atoms with Gasteiger partial charge in [0.15, 0.2) is 15.7 Å². The normalized spacial score (nSPS) is 16.5.